The van der Waals surface area contributed by atoms with E-state index in [1.54, 1.807) is 4.90 Å². The molecule has 0 unspecified atom stereocenters. The van der Waals surface area contributed by atoms with Gasteiger partial charge in [-0.2, -0.15) is 0 Å². The van der Waals surface area contributed by atoms with Crippen LogP contribution in [0, 0.1) is 19.8 Å². The first-order valence-electron chi connectivity index (χ1n) is 9.87. The van der Waals surface area contributed by atoms with Crippen molar-refractivity contribution in [3.05, 3.63) is 45.3 Å². The Kier molecular flexibility index (Phi) is 5.87. The van der Waals surface area contributed by atoms with E-state index in [4.69, 9.17) is 4.42 Å². The molecule has 3 rings (SSSR count). The fraction of sp³-hybridized carbons (Fsp3) is 0.500. The lowest BCUT2D eigenvalue weighted by Gasteiger charge is -2.35. The number of fused-ring (bicyclic) bond motifs is 1. The van der Waals surface area contributed by atoms with Crippen LogP contribution in [0.15, 0.2) is 27.4 Å². The SMILES string of the molecule is Cc1ccc2c(C)c(CCC(=O)N3CCN(C(=O)C(C)C)CC3)c(=O)oc2c1. The van der Waals surface area contributed by atoms with Gasteiger partial charge in [0.25, 0.3) is 0 Å². The van der Waals surface area contributed by atoms with Crippen LogP contribution in [0.3, 0.4) is 0 Å². The molecule has 6 heteroatoms. The molecule has 0 aliphatic carbocycles. The zero-order chi connectivity index (χ0) is 20.4. The highest BCUT2D eigenvalue weighted by Gasteiger charge is 2.25. The summed E-state index contributed by atoms with van der Waals surface area (Å²) in [6, 6.07) is 5.80. The molecule has 1 aliphatic heterocycles. The van der Waals surface area contributed by atoms with E-state index in [1.807, 2.05) is 50.8 Å². The van der Waals surface area contributed by atoms with Crippen LogP contribution >= 0.6 is 0 Å². The van der Waals surface area contributed by atoms with E-state index in [0.29, 0.717) is 43.7 Å². The molecule has 2 heterocycles. The maximum atomic E-state index is 12.6. The molecule has 0 spiro atoms. The Hall–Kier alpha value is -2.63. The van der Waals surface area contributed by atoms with E-state index in [0.717, 1.165) is 16.5 Å². The van der Waals surface area contributed by atoms with Crippen molar-refractivity contribution in [2.24, 2.45) is 5.92 Å². The summed E-state index contributed by atoms with van der Waals surface area (Å²) in [6.45, 7) is 9.86. The highest BCUT2D eigenvalue weighted by molar-refractivity contribution is 5.82. The quantitative estimate of drug-likeness (QED) is 0.760. The molecule has 1 aromatic carbocycles. The number of hydrogen-bond donors (Lipinski definition) is 0. The first-order valence-corrected chi connectivity index (χ1v) is 9.87. The molecular formula is C22H28N2O4. The van der Waals surface area contributed by atoms with Crippen LogP contribution in [0.1, 0.15) is 37.0 Å². The van der Waals surface area contributed by atoms with Crippen molar-refractivity contribution >= 4 is 22.8 Å². The first kappa shape index (κ1) is 20.1. The average Bonchev–Trinajstić information content (AvgIpc) is 2.66. The van der Waals surface area contributed by atoms with Crippen molar-refractivity contribution in [1.82, 2.24) is 9.80 Å². The minimum Gasteiger partial charge on any atom is -0.423 e. The number of amides is 2. The van der Waals surface area contributed by atoms with Crippen molar-refractivity contribution in [2.75, 3.05) is 26.2 Å². The number of carbonyl (C=O) groups is 2. The lowest BCUT2D eigenvalue weighted by atomic mass is 10.0. The van der Waals surface area contributed by atoms with Gasteiger partial charge >= 0.3 is 5.63 Å². The Balaban J connectivity index is 1.65. The lowest BCUT2D eigenvalue weighted by Crippen LogP contribution is -2.51. The molecule has 0 saturated carbocycles. The first-order chi connectivity index (χ1) is 13.3. The van der Waals surface area contributed by atoms with Crippen LogP contribution in [-0.2, 0) is 16.0 Å². The van der Waals surface area contributed by atoms with Crippen molar-refractivity contribution in [3.8, 4) is 0 Å². The van der Waals surface area contributed by atoms with Gasteiger partial charge in [0.05, 0.1) is 0 Å². The molecule has 0 atom stereocenters. The van der Waals surface area contributed by atoms with E-state index >= 15 is 0 Å². The number of benzene rings is 1. The van der Waals surface area contributed by atoms with E-state index in [9.17, 15) is 14.4 Å². The van der Waals surface area contributed by atoms with Crippen molar-refractivity contribution in [3.63, 3.8) is 0 Å². The molecule has 0 bridgehead atoms. The maximum Gasteiger partial charge on any atom is 0.339 e. The normalized spacial score (nSPS) is 14.8. The largest absolute Gasteiger partial charge is 0.423 e. The molecule has 0 radical (unpaired) electrons. The van der Waals surface area contributed by atoms with Crippen molar-refractivity contribution in [2.45, 2.75) is 40.5 Å². The predicted molar refractivity (Wildman–Crippen MR) is 108 cm³/mol. The average molecular weight is 384 g/mol. The van der Waals surface area contributed by atoms with Gasteiger partial charge in [0.15, 0.2) is 0 Å². The van der Waals surface area contributed by atoms with Crippen LogP contribution in [0.5, 0.6) is 0 Å². The van der Waals surface area contributed by atoms with Gasteiger partial charge in [-0.05, 0) is 37.5 Å². The highest BCUT2D eigenvalue weighted by atomic mass is 16.4. The summed E-state index contributed by atoms with van der Waals surface area (Å²) in [6.07, 6.45) is 0.628. The third kappa shape index (κ3) is 4.11. The summed E-state index contributed by atoms with van der Waals surface area (Å²) in [7, 11) is 0. The summed E-state index contributed by atoms with van der Waals surface area (Å²) in [5, 5.41) is 0.911. The number of piperazine rings is 1. The summed E-state index contributed by atoms with van der Waals surface area (Å²) >= 11 is 0. The third-order valence-electron chi connectivity index (χ3n) is 5.47. The fourth-order valence-corrected chi connectivity index (χ4v) is 3.72. The molecule has 1 fully saturated rings. The molecule has 28 heavy (non-hydrogen) atoms. The van der Waals surface area contributed by atoms with Gasteiger partial charge in [-0.25, -0.2) is 4.79 Å². The Morgan fingerprint density at radius 2 is 1.71 bits per heavy atom. The Morgan fingerprint density at radius 3 is 2.36 bits per heavy atom. The molecular weight excluding hydrogens is 356 g/mol. The second-order valence-corrected chi connectivity index (χ2v) is 7.85. The molecule has 1 saturated heterocycles. The van der Waals surface area contributed by atoms with Crippen LogP contribution in [0.4, 0.5) is 0 Å². The number of carbonyl (C=O) groups excluding carboxylic acids is 2. The summed E-state index contributed by atoms with van der Waals surface area (Å²) < 4.78 is 5.47. The van der Waals surface area contributed by atoms with E-state index in [1.165, 1.54) is 0 Å². The standard InChI is InChI=1S/C22H28N2O4/c1-14(2)21(26)24-11-9-23(10-12-24)20(25)8-7-18-16(4)17-6-5-15(3)13-19(17)28-22(18)27/h5-6,13-14H,7-12H2,1-4H3. The van der Waals surface area contributed by atoms with Gasteiger partial charge in [0, 0.05) is 49.5 Å². The van der Waals surface area contributed by atoms with Gasteiger partial charge < -0.3 is 14.2 Å². The topological polar surface area (TPSA) is 70.8 Å². The Bertz CT molecular complexity index is 953. The van der Waals surface area contributed by atoms with Gasteiger partial charge in [-0.15, -0.1) is 0 Å². The Labute approximate surface area is 165 Å². The van der Waals surface area contributed by atoms with Crippen LogP contribution in [0.25, 0.3) is 11.0 Å². The van der Waals surface area contributed by atoms with E-state index in [-0.39, 0.29) is 29.8 Å². The number of nitrogens with zero attached hydrogens (tertiary/aromatic N) is 2. The zero-order valence-electron chi connectivity index (χ0n) is 17.1. The Morgan fingerprint density at radius 1 is 1.07 bits per heavy atom. The maximum absolute atomic E-state index is 12.6. The van der Waals surface area contributed by atoms with Crippen LogP contribution in [-0.4, -0.2) is 47.8 Å². The highest BCUT2D eigenvalue weighted by Crippen LogP contribution is 2.21. The van der Waals surface area contributed by atoms with E-state index < -0.39 is 0 Å². The molecule has 2 aromatic rings. The molecule has 0 N–H and O–H groups in total. The molecule has 1 aromatic heterocycles. The van der Waals surface area contributed by atoms with Gasteiger partial charge in [-0.3, -0.25) is 9.59 Å². The lowest BCUT2D eigenvalue weighted by molar-refractivity contribution is -0.141. The number of rotatable bonds is 4. The molecule has 150 valence electrons. The number of hydrogen-bond acceptors (Lipinski definition) is 4. The third-order valence-corrected chi connectivity index (χ3v) is 5.47. The minimum absolute atomic E-state index is 0.0134. The van der Waals surface area contributed by atoms with Crippen molar-refractivity contribution < 1.29 is 14.0 Å². The summed E-state index contributed by atoms with van der Waals surface area (Å²) in [4.78, 5) is 40.7. The van der Waals surface area contributed by atoms with Gasteiger partial charge in [0.2, 0.25) is 11.8 Å². The number of aryl methyl sites for hydroxylation is 2. The van der Waals surface area contributed by atoms with Gasteiger partial charge in [-0.1, -0.05) is 26.0 Å². The zero-order valence-corrected chi connectivity index (χ0v) is 17.1. The second-order valence-electron chi connectivity index (χ2n) is 7.85. The summed E-state index contributed by atoms with van der Waals surface area (Å²) in [5.74, 6) is 0.118. The van der Waals surface area contributed by atoms with Crippen LogP contribution < -0.4 is 5.63 Å². The minimum atomic E-state index is -0.365. The summed E-state index contributed by atoms with van der Waals surface area (Å²) in [5.41, 5.74) is 2.71. The van der Waals surface area contributed by atoms with Crippen molar-refractivity contribution in [1.29, 1.82) is 0 Å². The van der Waals surface area contributed by atoms with Crippen LogP contribution in [0.2, 0.25) is 0 Å². The van der Waals surface area contributed by atoms with Gasteiger partial charge in [0.1, 0.15) is 5.58 Å². The fourth-order valence-electron chi connectivity index (χ4n) is 3.72. The molecule has 1 aliphatic rings. The predicted octanol–water partition coefficient (Wildman–Crippen LogP) is 2.67. The second kappa shape index (κ2) is 8.17. The monoisotopic (exact) mass is 384 g/mol. The molecule has 2 amide bonds. The van der Waals surface area contributed by atoms with E-state index in [2.05, 4.69) is 0 Å². The smallest absolute Gasteiger partial charge is 0.339 e. The molecule has 6 nitrogen and oxygen atoms in total.